The summed E-state index contributed by atoms with van der Waals surface area (Å²) in [4.78, 5) is 13.5. The van der Waals surface area contributed by atoms with Crippen molar-refractivity contribution >= 4 is 44.3 Å². The van der Waals surface area contributed by atoms with Gasteiger partial charge >= 0.3 is 0 Å². The minimum atomic E-state index is -0.0190. The molecule has 0 amide bonds. The Balaban J connectivity index is 2.13. The number of hydrogen-bond acceptors (Lipinski definition) is 1. The summed E-state index contributed by atoms with van der Waals surface area (Å²) in [5.41, 5.74) is 5.05. The Morgan fingerprint density at radius 1 is 0.815 bits per heavy atom. The molecule has 0 fully saturated rings. The number of halogens is 1. The summed E-state index contributed by atoms with van der Waals surface area (Å²) in [7, 11) is 2.06. The van der Waals surface area contributed by atoms with Gasteiger partial charge in [0.05, 0.1) is 16.6 Å². The van der Waals surface area contributed by atoms with Gasteiger partial charge in [-0.1, -0.05) is 41.4 Å². The number of aromatic nitrogens is 2. The van der Waals surface area contributed by atoms with Gasteiger partial charge in [0.2, 0.25) is 0 Å². The maximum Gasteiger partial charge on any atom is 0.263 e. The van der Waals surface area contributed by atoms with E-state index in [4.69, 9.17) is 11.6 Å². The van der Waals surface area contributed by atoms with Crippen molar-refractivity contribution in [1.82, 2.24) is 9.13 Å². The van der Waals surface area contributed by atoms with Crippen LogP contribution in [0.4, 0.5) is 0 Å². The SMILES string of the molecule is Cc1ccc2c(c1)c1c(c3ccccc3c(=O)n1-c1ccc(Cl)cc1)n2C. The number of hydrogen-bond donors (Lipinski definition) is 0. The zero-order valence-electron chi connectivity index (χ0n) is 15.0. The van der Waals surface area contributed by atoms with E-state index < -0.39 is 0 Å². The quantitative estimate of drug-likeness (QED) is 0.376. The average Bonchev–Trinajstić information content (AvgIpc) is 2.95. The third kappa shape index (κ3) is 2.25. The van der Waals surface area contributed by atoms with Crippen LogP contribution >= 0.6 is 11.6 Å². The molecule has 5 aromatic rings. The standard InChI is InChI=1S/C23H17ClN2O/c1-14-7-12-20-19(13-14)22-21(25(20)2)17-5-3-4-6-18(17)23(27)26(22)16-10-8-15(24)9-11-16/h3-13H,1-2H3. The molecule has 0 spiro atoms. The average molecular weight is 373 g/mol. The minimum Gasteiger partial charge on any atom is -0.342 e. The second kappa shape index (κ2) is 5.73. The largest absolute Gasteiger partial charge is 0.342 e. The van der Waals surface area contributed by atoms with Gasteiger partial charge in [-0.05, 0) is 49.4 Å². The first-order chi connectivity index (χ1) is 13.1. The highest BCUT2D eigenvalue weighted by Gasteiger charge is 2.19. The molecular weight excluding hydrogens is 356 g/mol. The third-order valence-corrected chi connectivity index (χ3v) is 5.50. The molecule has 0 aliphatic heterocycles. The number of rotatable bonds is 1. The van der Waals surface area contributed by atoms with Crippen LogP contribution in [0, 0.1) is 6.92 Å². The molecule has 0 saturated heterocycles. The zero-order chi connectivity index (χ0) is 18.7. The van der Waals surface area contributed by atoms with Crippen molar-refractivity contribution in [2.45, 2.75) is 6.92 Å². The summed E-state index contributed by atoms with van der Waals surface area (Å²) < 4.78 is 3.99. The summed E-state index contributed by atoms with van der Waals surface area (Å²) in [6, 6.07) is 21.6. The topological polar surface area (TPSA) is 26.9 Å². The molecule has 4 heteroatoms. The predicted octanol–water partition coefficient (Wildman–Crippen LogP) is 5.60. The molecule has 0 bridgehead atoms. The Morgan fingerprint density at radius 2 is 1.52 bits per heavy atom. The lowest BCUT2D eigenvalue weighted by atomic mass is 10.1. The Labute approximate surface area is 161 Å². The molecule has 2 heterocycles. The number of pyridine rings is 1. The number of aryl methyl sites for hydroxylation is 2. The Bertz CT molecular complexity index is 1410. The Kier molecular flexibility index (Phi) is 3.43. The van der Waals surface area contributed by atoms with E-state index in [1.165, 1.54) is 5.56 Å². The highest BCUT2D eigenvalue weighted by molar-refractivity contribution is 6.30. The normalized spacial score (nSPS) is 11.7. The van der Waals surface area contributed by atoms with Crippen molar-refractivity contribution in [1.29, 1.82) is 0 Å². The zero-order valence-corrected chi connectivity index (χ0v) is 15.8. The fraction of sp³-hybridized carbons (Fsp3) is 0.0870. The lowest BCUT2D eigenvalue weighted by Gasteiger charge is -2.12. The van der Waals surface area contributed by atoms with Crippen LogP contribution in [-0.2, 0) is 7.05 Å². The summed E-state index contributed by atoms with van der Waals surface area (Å²) in [5, 5.41) is 3.41. The lowest BCUT2D eigenvalue weighted by molar-refractivity contribution is 1.01. The molecule has 5 rings (SSSR count). The van der Waals surface area contributed by atoms with Gasteiger partial charge in [0, 0.05) is 33.9 Å². The maximum absolute atomic E-state index is 13.5. The first kappa shape index (κ1) is 16.2. The van der Waals surface area contributed by atoms with Crippen molar-refractivity contribution in [3.63, 3.8) is 0 Å². The van der Waals surface area contributed by atoms with Crippen LogP contribution in [-0.4, -0.2) is 9.13 Å². The molecule has 27 heavy (non-hydrogen) atoms. The predicted molar refractivity (Wildman–Crippen MR) is 113 cm³/mol. The molecule has 0 unspecified atom stereocenters. The fourth-order valence-corrected chi connectivity index (χ4v) is 4.13. The van der Waals surface area contributed by atoms with E-state index in [2.05, 4.69) is 36.7 Å². The highest BCUT2D eigenvalue weighted by Crippen LogP contribution is 2.34. The Morgan fingerprint density at radius 3 is 2.26 bits per heavy atom. The summed E-state index contributed by atoms with van der Waals surface area (Å²) in [5.74, 6) is 0. The molecule has 0 atom stereocenters. The summed E-state index contributed by atoms with van der Waals surface area (Å²) in [6.07, 6.45) is 0. The maximum atomic E-state index is 13.5. The first-order valence-electron chi connectivity index (χ1n) is 8.85. The van der Waals surface area contributed by atoms with E-state index in [-0.39, 0.29) is 5.56 Å². The van der Waals surface area contributed by atoms with Crippen molar-refractivity contribution in [3.8, 4) is 5.69 Å². The van der Waals surface area contributed by atoms with Crippen LogP contribution in [0.15, 0.2) is 71.5 Å². The van der Waals surface area contributed by atoms with Crippen molar-refractivity contribution in [3.05, 3.63) is 87.7 Å². The second-order valence-electron chi connectivity index (χ2n) is 6.94. The molecule has 0 aliphatic carbocycles. The molecule has 0 N–H and O–H groups in total. The van der Waals surface area contributed by atoms with E-state index >= 15 is 0 Å². The molecule has 3 nitrogen and oxygen atoms in total. The van der Waals surface area contributed by atoms with E-state index in [1.807, 2.05) is 53.1 Å². The summed E-state index contributed by atoms with van der Waals surface area (Å²) >= 11 is 6.08. The van der Waals surface area contributed by atoms with Gasteiger partial charge in [-0.2, -0.15) is 0 Å². The molecule has 132 valence electrons. The van der Waals surface area contributed by atoms with Crippen LogP contribution in [0.3, 0.4) is 0 Å². The van der Waals surface area contributed by atoms with Gasteiger partial charge in [-0.25, -0.2) is 0 Å². The molecule has 0 saturated carbocycles. The van der Waals surface area contributed by atoms with Crippen LogP contribution < -0.4 is 5.56 Å². The lowest BCUT2D eigenvalue weighted by Crippen LogP contribution is -2.19. The first-order valence-corrected chi connectivity index (χ1v) is 9.22. The van der Waals surface area contributed by atoms with Crippen LogP contribution in [0.2, 0.25) is 5.02 Å². The number of benzene rings is 3. The molecular formula is C23H17ClN2O. The van der Waals surface area contributed by atoms with Crippen LogP contribution in [0.1, 0.15) is 5.56 Å². The smallest absolute Gasteiger partial charge is 0.263 e. The molecule has 2 aromatic heterocycles. The summed E-state index contributed by atoms with van der Waals surface area (Å²) in [6.45, 7) is 2.07. The van der Waals surface area contributed by atoms with Crippen LogP contribution in [0.25, 0.3) is 38.4 Å². The van der Waals surface area contributed by atoms with Gasteiger partial charge in [0.1, 0.15) is 0 Å². The molecule has 0 radical (unpaired) electrons. The third-order valence-electron chi connectivity index (χ3n) is 5.25. The Hall–Kier alpha value is -3.04. The highest BCUT2D eigenvalue weighted by atomic mass is 35.5. The van der Waals surface area contributed by atoms with Gasteiger partial charge in [-0.15, -0.1) is 0 Å². The van der Waals surface area contributed by atoms with Crippen LogP contribution in [0.5, 0.6) is 0 Å². The fourth-order valence-electron chi connectivity index (χ4n) is 4.01. The van der Waals surface area contributed by atoms with E-state index in [9.17, 15) is 4.79 Å². The van der Waals surface area contributed by atoms with E-state index in [1.54, 1.807) is 0 Å². The molecule has 0 aliphatic rings. The monoisotopic (exact) mass is 372 g/mol. The van der Waals surface area contributed by atoms with Crippen molar-refractivity contribution < 1.29 is 0 Å². The van der Waals surface area contributed by atoms with Gasteiger partial charge in [-0.3, -0.25) is 9.36 Å². The van der Waals surface area contributed by atoms with Gasteiger partial charge in [0.25, 0.3) is 5.56 Å². The number of nitrogens with zero attached hydrogens (tertiary/aromatic N) is 2. The van der Waals surface area contributed by atoms with E-state index in [0.29, 0.717) is 10.4 Å². The minimum absolute atomic E-state index is 0.0190. The van der Waals surface area contributed by atoms with Crippen molar-refractivity contribution in [2.24, 2.45) is 7.05 Å². The number of fused-ring (bicyclic) bond motifs is 5. The van der Waals surface area contributed by atoms with Crippen molar-refractivity contribution in [2.75, 3.05) is 0 Å². The second-order valence-corrected chi connectivity index (χ2v) is 7.38. The van der Waals surface area contributed by atoms with Gasteiger partial charge in [0.15, 0.2) is 0 Å². The van der Waals surface area contributed by atoms with Gasteiger partial charge < -0.3 is 4.57 Å². The molecule has 3 aromatic carbocycles. The van der Waals surface area contributed by atoms with E-state index in [0.717, 1.165) is 33.0 Å².